The van der Waals surface area contributed by atoms with Gasteiger partial charge in [-0.1, -0.05) is 214 Å². The van der Waals surface area contributed by atoms with Crippen molar-refractivity contribution in [3.63, 3.8) is 0 Å². The van der Waals surface area contributed by atoms with Crippen LogP contribution in [-0.2, 0) is 331 Å². The predicted molar refractivity (Wildman–Crippen MR) is 395 cm³/mol. The molecule has 0 atom stereocenters. The molecule has 0 aromatic carbocycles. The molecular weight excluding hydrogens is 3240 g/mol. The fraction of sp³-hybridized carbons (Fsp3) is 1.00. The summed E-state index contributed by atoms with van der Waals surface area (Å²) in [4.78, 5) is 0. The maximum Gasteiger partial charge on any atom is 0.0594 e. The van der Waals surface area contributed by atoms with Gasteiger partial charge in [-0.3, -0.25) is 0 Å². The zero-order valence-corrected chi connectivity index (χ0v) is 103. The molecule has 0 saturated heterocycles. The number of hydrogen-bond donors (Lipinski definition) is 0. The average Bonchev–Trinajstić information content (AvgIpc) is 3.37. The Bertz CT molecular complexity index is 747. The summed E-state index contributed by atoms with van der Waals surface area (Å²) in [5.41, 5.74) is 0. The van der Waals surface area contributed by atoms with Crippen molar-refractivity contribution in [3.05, 3.63) is 0 Å². The molecule has 20 N–H and O–H groups in total. The minimum Gasteiger partial charge on any atom is -2.00 e. The molecule has 0 aliphatic carbocycles. The van der Waals surface area contributed by atoms with E-state index in [0.717, 1.165) is 0 Å². The van der Waals surface area contributed by atoms with Crippen LogP contribution in [0.4, 0.5) is 0 Å². The van der Waals surface area contributed by atoms with E-state index in [9.17, 15) is 0 Å². The Morgan fingerprint density at radius 2 is 0.136 bits per heavy atom. The second kappa shape index (κ2) is 246. The third-order valence-corrected chi connectivity index (χ3v) is 36.0. The van der Waals surface area contributed by atoms with E-state index in [4.69, 9.17) is 0 Å². The van der Waals surface area contributed by atoms with Crippen LogP contribution in [0.2, 0.25) is 0 Å². The summed E-state index contributed by atoms with van der Waals surface area (Å²) < 4.78 is 0. The normalized spacial score (nSPS) is 7.42. The molecule has 110 heavy (non-hydrogen) atoms. The summed E-state index contributed by atoms with van der Waals surface area (Å²) in [5.74, 6) is 0. The Labute approximate surface area is 820 Å². The van der Waals surface area contributed by atoms with Crippen LogP contribution in [0.1, 0.15) is 316 Å². The molecule has 0 radical (unpaired) electrons. The Balaban J connectivity index is -0.0000000100. The van der Waals surface area contributed by atoms with E-state index in [2.05, 4.69) is 111 Å². The van der Waals surface area contributed by atoms with Crippen molar-refractivity contribution >= 4 is 29.0 Å². The third kappa shape index (κ3) is 198. The molecule has 0 aliphatic heterocycles. The number of hydrogen-bond acceptors (Lipinski definition) is 0. The van der Waals surface area contributed by atoms with Gasteiger partial charge in [0.1, 0.15) is 0 Å². The maximum absolute atomic E-state index is 2.36. The van der Waals surface area contributed by atoms with Gasteiger partial charge in [-0.05, 0) is 103 Å². The molecule has 732 valence electrons. The molecule has 0 rings (SSSR count). The molecule has 0 bridgehead atoms. The van der Waals surface area contributed by atoms with Crippen molar-refractivity contribution < 1.29 is 386 Å². The van der Waals surface area contributed by atoms with Crippen molar-refractivity contribution in [2.45, 2.75) is 316 Å². The molecule has 0 aromatic rings. The Morgan fingerprint density at radius 1 is 0.100 bits per heavy atom. The first-order chi connectivity index (χ1) is 33.0. The summed E-state index contributed by atoms with van der Waals surface area (Å²) >= 11 is 0. The molecule has 0 unspecified atom stereocenters. The Morgan fingerprint density at radius 3 is 0.164 bits per heavy atom. The van der Waals surface area contributed by atoms with Gasteiger partial charge in [0, 0.05) is 240 Å². The van der Waals surface area contributed by atoms with Crippen molar-refractivity contribution in [2.24, 2.45) is 0 Å². The first kappa shape index (κ1) is 312. The molecule has 32 nitrogen and oxygen atoms in total. The van der Waals surface area contributed by atoms with Gasteiger partial charge in [0.15, 0.2) is 0 Å². The standard InChI is InChI=1S/4C16H36P.10H2O.22O.10W/c4*1-5-9-13-17(14-10-6-2,15-11-7-3)16-12-8-4;;;;;;;;;;;;;;;;;;;;;;;;;;;;;;;;;;;;;;;;;;/h4*5-16H2,1-4H3;10*1H2;;;;;;;;;;;;;;;;;;;;;;;;;;;;;;;;/q4*+1;;;;;;;;;;;22*-2;;;;;;;;;;. The van der Waals surface area contributed by atoms with Gasteiger partial charge in [0.2, 0.25) is 0 Å². The Hall–Kier alpha value is 7.32. The minimum absolute atomic E-state index is 0. The SMILES string of the molecule is CCCC[P+](CCCC)(CCCC)CCCC.CCCC[P+](CCCC)(CCCC)CCCC.CCCC[P+](CCCC)(CCCC)CCCC.CCCC[P+](CCCC)(CCCC)CCCC.O.O.O.O.O.O.O.O.O.O.[O-2].[O-2].[O-2].[O-2].[O-2].[O-2].[O-2].[O-2].[O-2].[O-2].[O-2].[O-2].[O-2].[O-2].[O-2].[O-2].[O-2].[O-2].[O-2].[O-2].[O-2].[O-2].[W].[W].[W].[W].[W].[W].[W].[W].[W].[W]. The van der Waals surface area contributed by atoms with Crippen LogP contribution in [0.3, 0.4) is 0 Å². The van der Waals surface area contributed by atoms with Gasteiger partial charge < -0.3 is 175 Å². The van der Waals surface area contributed by atoms with Crippen LogP contribution in [0.5, 0.6) is 0 Å². The molecule has 0 amide bonds. The van der Waals surface area contributed by atoms with Crippen molar-refractivity contribution in [2.75, 3.05) is 98.6 Å². The summed E-state index contributed by atoms with van der Waals surface area (Å²) in [7, 11) is -2.25. The first-order valence-electron chi connectivity index (χ1n) is 32.4. The van der Waals surface area contributed by atoms with E-state index in [0.29, 0.717) is 0 Å². The predicted octanol–water partition coefficient (Wildman–Crippen LogP) is 13.9. The molecule has 0 saturated carbocycles. The summed E-state index contributed by atoms with van der Waals surface area (Å²) in [6.07, 6.45) is 71.8. The smallest absolute Gasteiger partial charge is 0.0594 e. The fourth-order valence-electron chi connectivity index (χ4n) is 10.6. The molecular formula is C64H164O32P4W10-40. The zero-order chi connectivity index (χ0) is 51.9. The van der Waals surface area contributed by atoms with Crippen molar-refractivity contribution in [1.29, 1.82) is 0 Å². The Kier molecular flexibility index (Phi) is 698. The van der Waals surface area contributed by atoms with Crippen LogP contribution in [0.25, 0.3) is 0 Å². The molecule has 46 heteroatoms. The molecule has 0 heterocycles. The number of rotatable bonds is 48. The largest absolute Gasteiger partial charge is 2.00 e. The van der Waals surface area contributed by atoms with E-state index in [1.165, 1.54) is 205 Å². The van der Waals surface area contributed by atoms with E-state index in [1.54, 1.807) is 98.6 Å². The average molecular weight is 3410 g/mol. The maximum atomic E-state index is 2.36. The topological polar surface area (TPSA) is 942 Å². The fourth-order valence-corrected chi connectivity index (χ4v) is 31.7. The zero-order valence-electron chi connectivity index (χ0n) is 69.8. The van der Waals surface area contributed by atoms with Gasteiger partial charge in [-0.25, -0.2) is 0 Å². The summed E-state index contributed by atoms with van der Waals surface area (Å²) in [5, 5.41) is 0. The van der Waals surface area contributed by atoms with Crippen LogP contribution in [0.15, 0.2) is 0 Å². The van der Waals surface area contributed by atoms with E-state index in [-0.39, 0.29) is 386 Å². The monoisotopic (exact) mass is 3410 g/mol. The van der Waals surface area contributed by atoms with Crippen LogP contribution < -0.4 is 0 Å². The quantitative estimate of drug-likeness (QED) is 0.0513. The van der Waals surface area contributed by atoms with Gasteiger partial charge in [0.05, 0.1) is 98.6 Å². The second-order valence-electron chi connectivity index (χ2n) is 22.6. The number of unbranched alkanes of at least 4 members (excludes halogenated alkanes) is 16. The van der Waals surface area contributed by atoms with Gasteiger partial charge in [-0.2, -0.15) is 0 Å². The van der Waals surface area contributed by atoms with Crippen molar-refractivity contribution in [3.8, 4) is 0 Å². The van der Waals surface area contributed by atoms with Crippen LogP contribution in [-0.4, -0.2) is 153 Å². The first-order valence-corrected chi connectivity index (χ1v) is 42.5. The van der Waals surface area contributed by atoms with Crippen LogP contribution >= 0.6 is 29.0 Å². The second-order valence-corrected chi connectivity index (χ2v) is 40.5. The third-order valence-electron chi connectivity index (χ3n) is 15.8. The molecule has 0 fully saturated rings. The van der Waals surface area contributed by atoms with E-state index < -0.39 is 29.0 Å². The molecule has 0 aliphatic rings. The van der Waals surface area contributed by atoms with E-state index >= 15 is 0 Å². The molecule has 0 aromatic heterocycles. The summed E-state index contributed by atoms with van der Waals surface area (Å²) in [6, 6.07) is 0. The van der Waals surface area contributed by atoms with Crippen molar-refractivity contribution in [1.82, 2.24) is 0 Å². The minimum atomic E-state index is -0.562. The van der Waals surface area contributed by atoms with E-state index in [1.807, 2.05) is 0 Å². The van der Waals surface area contributed by atoms with Gasteiger partial charge >= 0.3 is 0 Å². The van der Waals surface area contributed by atoms with Crippen LogP contribution in [0, 0.1) is 0 Å². The molecule has 0 spiro atoms. The van der Waals surface area contributed by atoms with Gasteiger partial charge in [0.25, 0.3) is 0 Å². The van der Waals surface area contributed by atoms with Gasteiger partial charge in [-0.15, -0.1) is 0 Å². The summed E-state index contributed by atoms with van der Waals surface area (Å²) in [6.45, 7) is 37.7.